The van der Waals surface area contributed by atoms with Crippen molar-refractivity contribution in [1.29, 1.82) is 5.26 Å². The number of amides is 1. The van der Waals surface area contributed by atoms with E-state index in [1.807, 2.05) is 0 Å². The van der Waals surface area contributed by atoms with Gasteiger partial charge in [-0.05, 0) is 81.5 Å². The lowest BCUT2D eigenvalue weighted by Gasteiger charge is -2.44. The minimum absolute atomic E-state index is 0.114. The second kappa shape index (κ2) is 11.4. The van der Waals surface area contributed by atoms with Crippen LogP contribution >= 0.6 is 0 Å². The van der Waals surface area contributed by atoms with Gasteiger partial charge < -0.3 is 19.4 Å². The summed E-state index contributed by atoms with van der Waals surface area (Å²) in [6, 6.07) is 11.3. The van der Waals surface area contributed by atoms with Crippen molar-refractivity contribution >= 4 is 11.7 Å². The Morgan fingerprint density at radius 2 is 1.95 bits per heavy atom. The van der Waals surface area contributed by atoms with Gasteiger partial charge in [0.25, 0.3) is 5.91 Å². The molecule has 3 heterocycles. The number of nitrogens with zero attached hydrogens (tertiary/aromatic N) is 6. The maximum Gasteiger partial charge on any atom is 0.318 e. The number of aryl methyl sites for hydroxylation is 1. The highest BCUT2D eigenvalue weighted by Gasteiger charge is 2.41. The number of nitriles is 1. The lowest BCUT2D eigenvalue weighted by Crippen LogP contribution is -2.55. The van der Waals surface area contributed by atoms with E-state index in [0.717, 1.165) is 68.6 Å². The molecule has 1 amide bonds. The van der Waals surface area contributed by atoms with Crippen LogP contribution in [0.2, 0.25) is 0 Å². The summed E-state index contributed by atoms with van der Waals surface area (Å²) < 4.78 is 20.1. The fourth-order valence-corrected chi connectivity index (χ4v) is 7.40. The van der Waals surface area contributed by atoms with Gasteiger partial charge in [-0.15, -0.1) is 0 Å². The Bertz CT molecular complexity index is 1370. The Kier molecular flexibility index (Phi) is 7.69. The van der Waals surface area contributed by atoms with Crippen molar-refractivity contribution in [2.45, 2.75) is 69.9 Å². The Morgan fingerprint density at radius 1 is 1.15 bits per heavy atom. The number of piperazine rings is 1. The molecule has 2 aliphatic carbocycles. The molecule has 2 aliphatic heterocycles. The van der Waals surface area contributed by atoms with E-state index in [0.29, 0.717) is 38.3 Å². The molecule has 3 atom stereocenters. The van der Waals surface area contributed by atoms with E-state index in [2.05, 4.69) is 53.8 Å². The topological polar surface area (TPSA) is 85.6 Å². The van der Waals surface area contributed by atoms with Gasteiger partial charge in [-0.25, -0.2) is 4.39 Å². The predicted molar refractivity (Wildman–Crippen MR) is 154 cm³/mol. The predicted octanol–water partition coefficient (Wildman–Crippen LogP) is 4.03. The van der Waals surface area contributed by atoms with Crippen LogP contribution in [0.4, 0.5) is 10.2 Å². The number of likely N-dealkylation sites (tertiary alicyclic amines) is 1. The van der Waals surface area contributed by atoms with Crippen LogP contribution < -0.4 is 9.64 Å². The first-order valence-corrected chi connectivity index (χ1v) is 14.9. The minimum Gasteiger partial charge on any atom is -0.462 e. The molecule has 1 aromatic heterocycles. The lowest BCUT2D eigenvalue weighted by atomic mass is 9.63. The third kappa shape index (κ3) is 5.54. The standard InChI is InChI=1S/C32H39FN6O2/c1-22(33)30(40)39-17-16-38(20-25(39)11-14-34)29-27-10-13-32(12-9-23-6-3-4-7-24(23)18-32)19-28(27)35-31(36-29)41-21-26-8-5-15-37(26)2/h3-4,6-7,25-26H,1,5,8-13,15-21H2,2H3/t25-,26-,32+/m0/s1. The molecule has 4 aliphatic rings. The maximum absolute atomic E-state index is 13.8. The van der Waals surface area contributed by atoms with Gasteiger partial charge in [-0.3, -0.25) is 4.79 Å². The van der Waals surface area contributed by atoms with Gasteiger partial charge in [0.15, 0.2) is 5.83 Å². The summed E-state index contributed by atoms with van der Waals surface area (Å²) in [5, 5.41) is 9.48. The smallest absolute Gasteiger partial charge is 0.318 e. The third-order valence-corrected chi connectivity index (χ3v) is 9.79. The molecular weight excluding hydrogens is 519 g/mol. The summed E-state index contributed by atoms with van der Waals surface area (Å²) in [6.07, 6.45) is 8.50. The average molecular weight is 559 g/mol. The van der Waals surface area contributed by atoms with Crippen LogP contribution in [0.15, 0.2) is 36.7 Å². The number of anilines is 1. The van der Waals surface area contributed by atoms with Crippen LogP contribution in [0.25, 0.3) is 0 Å². The van der Waals surface area contributed by atoms with Crippen LogP contribution in [0.3, 0.4) is 0 Å². The normalized spacial score (nSPS) is 25.9. The Labute approximate surface area is 241 Å². The SMILES string of the molecule is C=C(F)C(=O)N1CCN(c2nc(OC[C@@H]3CCCN3C)nc3c2CC[C@@]2(CCc4ccccc4C2)C3)C[C@@H]1CC#N. The third-order valence-electron chi connectivity index (χ3n) is 9.79. The first-order valence-electron chi connectivity index (χ1n) is 14.9. The van der Waals surface area contributed by atoms with Gasteiger partial charge in [-0.1, -0.05) is 30.8 Å². The summed E-state index contributed by atoms with van der Waals surface area (Å²) >= 11 is 0. The zero-order valence-corrected chi connectivity index (χ0v) is 23.9. The molecular formula is C32H39FN6O2. The van der Waals surface area contributed by atoms with E-state index >= 15 is 0 Å². The van der Waals surface area contributed by atoms with Crippen LogP contribution in [0.5, 0.6) is 6.01 Å². The van der Waals surface area contributed by atoms with Crippen molar-refractivity contribution in [3.63, 3.8) is 0 Å². The van der Waals surface area contributed by atoms with Crippen LogP contribution in [-0.4, -0.2) is 77.6 Å². The van der Waals surface area contributed by atoms with Crippen LogP contribution in [0, 0.1) is 16.7 Å². The summed E-state index contributed by atoms with van der Waals surface area (Å²) in [4.78, 5) is 28.4. The molecule has 0 N–H and O–H groups in total. The number of rotatable bonds is 6. The number of hydrogen-bond donors (Lipinski definition) is 0. The fraction of sp³-hybridized carbons (Fsp3) is 0.562. The number of aromatic nitrogens is 2. The van der Waals surface area contributed by atoms with E-state index in [4.69, 9.17) is 14.7 Å². The quantitative estimate of drug-likeness (QED) is 0.495. The highest BCUT2D eigenvalue weighted by molar-refractivity contribution is 5.91. The number of carbonyl (C=O) groups is 1. The van der Waals surface area contributed by atoms with E-state index in [1.165, 1.54) is 22.4 Å². The lowest BCUT2D eigenvalue weighted by molar-refractivity contribution is -0.131. The van der Waals surface area contributed by atoms with Crippen molar-refractivity contribution in [2.75, 3.05) is 44.7 Å². The molecule has 1 aromatic carbocycles. The zero-order valence-electron chi connectivity index (χ0n) is 23.9. The van der Waals surface area contributed by atoms with Gasteiger partial charge in [0, 0.05) is 31.2 Å². The maximum atomic E-state index is 13.8. The molecule has 2 saturated heterocycles. The first-order chi connectivity index (χ1) is 19.9. The Hall–Kier alpha value is -3.51. The van der Waals surface area contributed by atoms with Gasteiger partial charge in [-0.2, -0.15) is 15.2 Å². The highest BCUT2D eigenvalue weighted by Crippen LogP contribution is 2.46. The van der Waals surface area contributed by atoms with Gasteiger partial charge in [0.1, 0.15) is 12.4 Å². The molecule has 2 aromatic rings. The van der Waals surface area contributed by atoms with Crippen LogP contribution in [-0.2, 0) is 30.5 Å². The summed E-state index contributed by atoms with van der Waals surface area (Å²) in [7, 11) is 2.13. The largest absolute Gasteiger partial charge is 0.462 e. The monoisotopic (exact) mass is 558 g/mol. The minimum atomic E-state index is -0.993. The van der Waals surface area contributed by atoms with Crippen molar-refractivity contribution in [1.82, 2.24) is 19.8 Å². The zero-order chi connectivity index (χ0) is 28.6. The van der Waals surface area contributed by atoms with Crippen molar-refractivity contribution in [3.8, 4) is 12.1 Å². The van der Waals surface area contributed by atoms with E-state index < -0.39 is 17.8 Å². The number of hydrogen-bond acceptors (Lipinski definition) is 7. The van der Waals surface area contributed by atoms with E-state index in [9.17, 15) is 14.4 Å². The fourth-order valence-electron chi connectivity index (χ4n) is 7.40. The molecule has 2 fully saturated rings. The van der Waals surface area contributed by atoms with Crippen molar-refractivity contribution in [3.05, 3.63) is 59.1 Å². The van der Waals surface area contributed by atoms with Gasteiger partial charge in [0.05, 0.1) is 24.2 Å². The van der Waals surface area contributed by atoms with Gasteiger partial charge >= 0.3 is 6.01 Å². The molecule has 41 heavy (non-hydrogen) atoms. The average Bonchev–Trinajstić information content (AvgIpc) is 3.39. The summed E-state index contributed by atoms with van der Waals surface area (Å²) in [5.74, 6) is -0.892. The first kappa shape index (κ1) is 27.6. The van der Waals surface area contributed by atoms with E-state index in [1.54, 1.807) is 0 Å². The highest BCUT2D eigenvalue weighted by atomic mass is 19.1. The second-order valence-electron chi connectivity index (χ2n) is 12.3. The van der Waals surface area contributed by atoms with Crippen LogP contribution in [0.1, 0.15) is 54.5 Å². The van der Waals surface area contributed by atoms with E-state index in [-0.39, 0.29) is 11.8 Å². The number of likely N-dealkylation sites (N-methyl/N-ethyl adjacent to an activating group) is 1. The molecule has 0 saturated carbocycles. The Balaban J connectivity index is 1.30. The molecule has 8 nitrogen and oxygen atoms in total. The summed E-state index contributed by atoms with van der Waals surface area (Å²) in [5.41, 5.74) is 5.29. The summed E-state index contributed by atoms with van der Waals surface area (Å²) in [6.45, 7) is 6.01. The number of benzene rings is 1. The molecule has 0 radical (unpaired) electrons. The Morgan fingerprint density at radius 3 is 2.71 bits per heavy atom. The molecule has 216 valence electrons. The van der Waals surface area contributed by atoms with Gasteiger partial charge in [0.2, 0.25) is 0 Å². The number of fused-ring (bicyclic) bond motifs is 2. The number of carbonyl (C=O) groups excluding carboxylic acids is 1. The van der Waals surface area contributed by atoms with Crippen molar-refractivity contribution < 1.29 is 13.9 Å². The van der Waals surface area contributed by atoms with Crippen molar-refractivity contribution in [2.24, 2.45) is 5.41 Å². The molecule has 0 unspecified atom stereocenters. The molecule has 9 heteroatoms. The number of halogens is 1. The second-order valence-corrected chi connectivity index (χ2v) is 12.3. The molecule has 1 spiro atoms. The molecule has 6 rings (SSSR count). The number of ether oxygens (including phenoxy) is 1. The molecule has 0 bridgehead atoms.